The number of carbonyl (C=O) groups is 2. The zero-order valence-corrected chi connectivity index (χ0v) is 12.2. The minimum Gasteiger partial charge on any atom is -0.459 e. The summed E-state index contributed by atoms with van der Waals surface area (Å²) in [6.07, 6.45) is -0.518. The molecule has 1 rings (SSSR count). The van der Waals surface area contributed by atoms with Gasteiger partial charge in [-0.1, -0.05) is 44.2 Å². The van der Waals surface area contributed by atoms with E-state index in [-0.39, 0.29) is 19.1 Å². The average molecular weight is 279 g/mol. The first-order chi connectivity index (χ1) is 9.49. The molecule has 0 bridgehead atoms. The van der Waals surface area contributed by atoms with E-state index in [4.69, 9.17) is 9.47 Å². The molecular formula is C15H21NO4. The molecule has 0 aliphatic carbocycles. The van der Waals surface area contributed by atoms with Gasteiger partial charge in [-0.15, -0.1) is 0 Å². The molecule has 5 heteroatoms. The van der Waals surface area contributed by atoms with Gasteiger partial charge in [0.2, 0.25) is 0 Å². The van der Waals surface area contributed by atoms with E-state index in [1.807, 2.05) is 44.2 Å². The number of benzene rings is 1. The summed E-state index contributed by atoms with van der Waals surface area (Å²) >= 11 is 0. The standard InChI is InChI=1S/C15H21NO4/c1-12(2)10-20-15(18)16(3)9-14(17)19-11-13-7-5-4-6-8-13/h4-8,12H,9-11H2,1-3H3. The molecule has 0 fully saturated rings. The average Bonchev–Trinajstić information content (AvgIpc) is 2.43. The van der Waals surface area contributed by atoms with Crippen LogP contribution in [0, 0.1) is 5.92 Å². The number of ether oxygens (including phenoxy) is 2. The third kappa shape index (κ3) is 6.22. The lowest BCUT2D eigenvalue weighted by Crippen LogP contribution is -2.34. The summed E-state index contributed by atoms with van der Waals surface area (Å²) in [7, 11) is 1.51. The van der Waals surface area contributed by atoms with Crippen molar-refractivity contribution in [3.63, 3.8) is 0 Å². The lowest BCUT2D eigenvalue weighted by atomic mass is 10.2. The third-order valence-corrected chi connectivity index (χ3v) is 2.46. The normalized spacial score (nSPS) is 10.2. The number of likely N-dealkylation sites (N-methyl/N-ethyl adjacent to an activating group) is 1. The second kappa shape index (κ2) is 8.19. The van der Waals surface area contributed by atoms with Gasteiger partial charge in [0.05, 0.1) is 6.61 Å². The van der Waals surface area contributed by atoms with Crippen molar-refractivity contribution in [2.45, 2.75) is 20.5 Å². The highest BCUT2D eigenvalue weighted by Crippen LogP contribution is 2.02. The summed E-state index contributed by atoms with van der Waals surface area (Å²) in [5, 5.41) is 0. The van der Waals surface area contributed by atoms with Gasteiger partial charge in [0.1, 0.15) is 13.2 Å². The topological polar surface area (TPSA) is 55.8 Å². The Morgan fingerprint density at radius 1 is 1.15 bits per heavy atom. The molecular weight excluding hydrogens is 258 g/mol. The largest absolute Gasteiger partial charge is 0.459 e. The monoisotopic (exact) mass is 279 g/mol. The van der Waals surface area contributed by atoms with E-state index < -0.39 is 12.1 Å². The number of amides is 1. The summed E-state index contributed by atoms with van der Waals surface area (Å²) in [4.78, 5) is 24.4. The first-order valence-electron chi connectivity index (χ1n) is 6.56. The Morgan fingerprint density at radius 3 is 2.40 bits per heavy atom. The predicted molar refractivity (Wildman–Crippen MR) is 75.1 cm³/mol. The first kappa shape index (κ1) is 16.0. The van der Waals surface area contributed by atoms with Gasteiger partial charge in [-0.05, 0) is 11.5 Å². The van der Waals surface area contributed by atoms with Gasteiger partial charge >= 0.3 is 12.1 Å². The van der Waals surface area contributed by atoms with Crippen molar-refractivity contribution in [3.05, 3.63) is 35.9 Å². The van der Waals surface area contributed by atoms with Crippen LogP contribution < -0.4 is 0 Å². The van der Waals surface area contributed by atoms with E-state index in [0.29, 0.717) is 6.61 Å². The molecule has 0 saturated heterocycles. The molecule has 20 heavy (non-hydrogen) atoms. The predicted octanol–water partition coefficient (Wildman–Crippen LogP) is 2.45. The molecule has 0 atom stereocenters. The number of rotatable bonds is 6. The van der Waals surface area contributed by atoms with Crippen LogP contribution in [0.3, 0.4) is 0 Å². The highest BCUT2D eigenvalue weighted by Gasteiger charge is 2.15. The van der Waals surface area contributed by atoms with Crippen molar-refractivity contribution >= 4 is 12.1 Å². The highest BCUT2D eigenvalue weighted by molar-refractivity contribution is 5.77. The zero-order valence-electron chi connectivity index (χ0n) is 12.2. The van der Waals surface area contributed by atoms with E-state index >= 15 is 0 Å². The minimum absolute atomic E-state index is 0.121. The van der Waals surface area contributed by atoms with Gasteiger partial charge < -0.3 is 14.4 Å². The van der Waals surface area contributed by atoms with Crippen LogP contribution in [0.2, 0.25) is 0 Å². The molecule has 0 N–H and O–H groups in total. The quantitative estimate of drug-likeness (QED) is 0.751. The summed E-state index contributed by atoms with van der Waals surface area (Å²) in [6, 6.07) is 9.38. The van der Waals surface area contributed by atoms with Crippen molar-refractivity contribution in [1.82, 2.24) is 4.90 Å². The van der Waals surface area contributed by atoms with Gasteiger partial charge in [0.15, 0.2) is 0 Å². The van der Waals surface area contributed by atoms with Gasteiger partial charge in [-0.2, -0.15) is 0 Å². The van der Waals surface area contributed by atoms with Crippen molar-refractivity contribution in [2.75, 3.05) is 20.2 Å². The Labute approximate surface area is 119 Å². The van der Waals surface area contributed by atoms with Gasteiger partial charge in [-0.3, -0.25) is 4.79 Å². The lowest BCUT2D eigenvalue weighted by Gasteiger charge is -2.17. The molecule has 0 aromatic heterocycles. The molecule has 1 aromatic carbocycles. The van der Waals surface area contributed by atoms with E-state index in [0.717, 1.165) is 5.56 Å². The second-order valence-corrected chi connectivity index (χ2v) is 4.97. The number of hydrogen-bond donors (Lipinski definition) is 0. The van der Waals surface area contributed by atoms with Crippen LogP contribution in [0.15, 0.2) is 30.3 Å². The van der Waals surface area contributed by atoms with Gasteiger partial charge in [-0.25, -0.2) is 4.79 Å². The molecule has 110 valence electrons. The Balaban J connectivity index is 2.29. The lowest BCUT2D eigenvalue weighted by molar-refractivity contribution is -0.145. The van der Waals surface area contributed by atoms with Crippen LogP contribution in [0.5, 0.6) is 0 Å². The fraction of sp³-hybridized carbons (Fsp3) is 0.467. The summed E-state index contributed by atoms with van der Waals surface area (Å²) in [5.74, 6) is -0.199. The molecule has 0 spiro atoms. The fourth-order valence-electron chi connectivity index (χ4n) is 1.39. The van der Waals surface area contributed by atoms with Crippen molar-refractivity contribution < 1.29 is 19.1 Å². The summed E-state index contributed by atoms with van der Waals surface area (Å²) in [6.45, 7) is 4.31. The van der Waals surface area contributed by atoms with Crippen LogP contribution >= 0.6 is 0 Å². The fourth-order valence-corrected chi connectivity index (χ4v) is 1.39. The number of esters is 1. The second-order valence-electron chi connectivity index (χ2n) is 4.97. The Hall–Kier alpha value is -2.04. The van der Waals surface area contributed by atoms with Crippen LogP contribution in [-0.2, 0) is 20.9 Å². The summed E-state index contributed by atoms with van der Waals surface area (Å²) < 4.78 is 10.1. The smallest absolute Gasteiger partial charge is 0.410 e. The number of nitrogens with zero attached hydrogens (tertiary/aromatic N) is 1. The summed E-state index contributed by atoms with van der Waals surface area (Å²) in [5.41, 5.74) is 0.908. The molecule has 0 unspecified atom stereocenters. The Morgan fingerprint density at radius 2 is 1.80 bits per heavy atom. The van der Waals surface area contributed by atoms with E-state index in [2.05, 4.69) is 0 Å². The molecule has 0 aliphatic heterocycles. The maximum atomic E-state index is 11.6. The SMILES string of the molecule is CC(C)COC(=O)N(C)CC(=O)OCc1ccccc1. The number of hydrogen-bond acceptors (Lipinski definition) is 4. The van der Waals surface area contributed by atoms with Crippen LogP contribution in [0.1, 0.15) is 19.4 Å². The zero-order chi connectivity index (χ0) is 15.0. The molecule has 0 aliphatic rings. The van der Waals surface area contributed by atoms with Crippen LogP contribution in [0.4, 0.5) is 4.79 Å². The van der Waals surface area contributed by atoms with Crippen LogP contribution in [0.25, 0.3) is 0 Å². The number of carbonyl (C=O) groups excluding carboxylic acids is 2. The molecule has 0 radical (unpaired) electrons. The van der Waals surface area contributed by atoms with E-state index in [1.165, 1.54) is 11.9 Å². The minimum atomic E-state index is -0.518. The Kier molecular flexibility index (Phi) is 6.56. The highest BCUT2D eigenvalue weighted by atomic mass is 16.6. The Bertz CT molecular complexity index is 431. The molecule has 1 amide bonds. The van der Waals surface area contributed by atoms with Crippen LogP contribution in [-0.4, -0.2) is 37.2 Å². The maximum Gasteiger partial charge on any atom is 0.410 e. The van der Waals surface area contributed by atoms with Crippen molar-refractivity contribution in [1.29, 1.82) is 0 Å². The maximum absolute atomic E-state index is 11.6. The van der Waals surface area contributed by atoms with E-state index in [9.17, 15) is 9.59 Å². The molecule has 1 aromatic rings. The molecule has 0 saturated carbocycles. The molecule has 0 heterocycles. The third-order valence-electron chi connectivity index (χ3n) is 2.46. The van der Waals surface area contributed by atoms with Crippen molar-refractivity contribution in [2.24, 2.45) is 5.92 Å². The molecule has 5 nitrogen and oxygen atoms in total. The van der Waals surface area contributed by atoms with E-state index in [1.54, 1.807) is 0 Å². The van der Waals surface area contributed by atoms with Gasteiger partial charge in [0, 0.05) is 7.05 Å². The first-order valence-corrected chi connectivity index (χ1v) is 6.56. The van der Waals surface area contributed by atoms with Crippen molar-refractivity contribution in [3.8, 4) is 0 Å². The van der Waals surface area contributed by atoms with Gasteiger partial charge in [0.25, 0.3) is 0 Å².